The van der Waals surface area contributed by atoms with Crippen molar-refractivity contribution in [1.29, 1.82) is 0 Å². The Morgan fingerprint density at radius 3 is 2.57 bits per heavy atom. The van der Waals surface area contributed by atoms with Crippen LogP contribution in [-0.2, 0) is 23.4 Å². The average molecular weight is 335 g/mol. The van der Waals surface area contributed by atoms with E-state index in [9.17, 15) is 4.79 Å². The van der Waals surface area contributed by atoms with E-state index in [0.717, 1.165) is 23.5 Å². The smallest absolute Gasteiger partial charge is 0.223 e. The van der Waals surface area contributed by atoms with Gasteiger partial charge in [-0.3, -0.25) is 4.79 Å². The number of hydrogen-bond donors (Lipinski definition) is 0. The summed E-state index contributed by atoms with van der Waals surface area (Å²) in [6.07, 6.45) is 5.28. The fraction of sp³-hybridized carbons (Fsp3) is 0.529. The zero-order valence-electron chi connectivity index (χ0n) is 13.9. The van der Waals surface area contributed by atoms with Crippen molar-refractivity contribution in [3.05, 3.63) is 35.8 Å². The second-order valence-corrected chi connectivity index (χ2v) is 7.34. The molecule has 23 heavy (non-hydrogen) atoms. The first-order valence-corrected chi connectivity index (χ1v) is 8.53. The number of rotatable bonds is 4. The third kappa shape index (κ3) is 3.02. The van der Waals surface area contributed by atoms with Crippen LogP contribution in [0.1, 0.15) is 44.9 Å². The predicted octanol–water partition coefficient (Wildman–Crippen LogP) is 3.29. The van der Waals surface area contributed by atoms with E-state index in [1.807, 2.05) is 29.4 Å². The van der Waals surface area contributed by atoms with Gasteiger partial charge in [0.1, 0.15) is 5.82 Å². The number of carbonyl (C=O) groups is 1. The monoisotopic (exact) mass is 334 g/mol. The Labute approximate surface area is 141 Å². The molecule has 0 atom stereocenters. The van der Waals surface area contributed by atoms with Crippen LogP contribution in [0.15, 0.2) is 24.5 Å². The van der Waals surface area contributed by atoms with Crippen LogP contribution in [0.25, 0.3) is 5.82 Å². The maximum Gasteiger partial charge on any atom is 0.223 e. The Balaban J connectivity index is 1.94. The molecule has 0 fully saturated rings. The van der Waals surface area contributed by atoms with Gasteiger partial charge in [-0.1, -0.05) is 0 Å². The topological polar surface area (TPSA) is 43.1 Å². The van der Waals surface area contributed by atoms with Crippen molar-refractivity contribution >= 4 is 17.5 Å². The summed E-state index contributed by atoms with van der Waals surface area (Å²) in [5.74, 6) is 1.74. The van der Waals surface area contributed by atoms with Crippen LogP contribution >= 0.6 is 11.6 Å². The second kappa shape index (κ2) is 6.04. The highest BCUT2D eigenvalue weighted by Gasteiger charge is 2.33. The molecule has 2 aromatic heterocycles. The van der Waals surface area contributed by atoms with Gasteiger partial charge in [-0.25, -0.2) is 4.68 Å². The number of alkyl halides is 1. The van der Waals surface area contributed by atoms with Gasteiger partial charge < -0.3 is 9.47 Å². The van der Waals surface area contributed by atoms with Crippen molar-refractivity contribution in [3.8, 4) is 5.82 Å². The fourth-order valence-corrected chi connectivity index (χ4v) is 3.10. The van der Waals surface area contributed by atoms with Crippen LogP contribution in [0, 0.1) is 0 Å². The lowest BCUT2D eigenvalue weighted by Gasteiger charge is -2.24. The molecule has 5 nitrogen and oxygen atoms in total. The Hall–Kier alpha value is -1.75. The molecule has 0 saturated carbocycles. The molecule has 3 rings (SSSR count). The van der Waals surface area contributed by atoms with Crippen LogP contribution < -0.4 is 0 Å². The third-order valence-electron chi connectivity index (χ3n) is 4.09. The molecule has 1 aliphatic rings. The number of fused-ring (bicyclic) bond motifs is 1. The van der Waals surface area contributed by atoms with Crippen molar-refractivity contribution in [1.82, 2.24) is 19.2 Å². The largest absolute Gasteiger partial charge is 0.332 e. The van der Waals surface area contributed by atoms with Crippen LogP contribution in [-0.4, -0.2) is 31.0 Å². The first-order valence-electron chi connectivity index (χ1n) is 8.00. The molecule has 0 aromatic carbocycles. The number of halogens is 1. The molecule has 6 heteroatoms. The number of nitrogens with zero attached hydrogens (tertiary/aromatic N) is 4. The molecule has 1 aliphatic heterocycles. The molecule has 1 amide bonds. The normalized spacial score (nSPS) is 14.3. The standard InChI is InChI=1S/C17H23ClN4O/c1-17(2,3)22-16(20-9-4-5-10-20)13-11-21(12-14(13)19-22)15(23)7-6-8-18/h4-5,9-10H,6-8,11-12H2,1-3H3. The van der Waals surface area contributed by atoms with Crippen molar-refractivity contribution in [2.45, 2.75) is 52.2 Å². The maximum absolute atomic E-state index is 12.3. The van der Waals surface area contributed by atoms with Crippen LogP contribution in [0.5, 0.6) is 0 Å². The van der Waals surface area contributed by atoms with E-state index in [4.69, 9.17) is 16.7 Å². The maximum atomic E-state index is 12.3. The van der Waals surface area contributed by atoms with E-state index >= 15 is 0 Å². The van der Waals surface area contributed by atoms with Crippen molar-refractivity contribution in [3.63, 3.8) is 0 Å². The molecular weight excluding hydrogens is 312 g/mol. The van der Waals surface area contributed by atoms with Gasteiger partial charge in [-0.05, 0) is 39.3 Å². The highest BCUT2D eigenvalue weighted by Crippen LogP contribution is 2.32. The minimum Gasteiger partial charge on any atom is -0.332 e. The lowest BCUT2D eigenvalue weighted by molar-refractivity contribution is -0.131. The molecule has 0 spiro atoms. The van der Waals surface area contributed by atoms with E-state index in [1.54, 1.807) is 0 Å². The summed E-state index contributed by atoms with van der Waals surface area (Å²) in [4.78, 5) is 14.2. The molecular formula is C17H23ClN4O. The first-order chi connectivity index (χ1) is 10.9. The number of amides is 1. The average Bonchev–Trinajstić information content (AvgIpc) is 3.17. The SMILES string of the molecule is CC(C)(C)n1nc2c(c1-n1cccc1)CN(C(=O)CCCCl)C2. The Bertz CT molecular complexity index is 697. The molecule has 0 saturated heterocycles. The van der Waals surface area contributed by atoms with Crippen LogP contribution in [0.4, 0.5) is 0 Å². The minimum absolute atomic E-state index is 0.114. The van der Waals surface area contributed by atoms with E-state index in [2.05, 4.69) is 30.0 Å². The fourth-order valence-electron chi connectivity index (χ4n) is 2.96. The lowest BCUT2D eigenvalue weighted by Crippen LogP contribution is -2.29. The first kappa shape index (κ1) is 16.1. The highest BCUT2D eigenvalue weighted by molar-refractivity contribution is 6.17. The zero-order valence-corrected chi connectivity index (χ0v) is 14.7. The minimum atomic E-state index is -0.114. The highest BCUT2D eigenvalue weighted by atomic mass is 35.5. The Morgan fingerprint density at radius 1 is 1.26 bits per heavy atom. The van der Waals surface area contributed by atoms with Crippen molar-refractivity contribution in [2.24, 2.45) is 0 Å². The van der Waals surface area contributed by atoms with E-state index in [-0.39, 0.29) is 11.4 Å². The van der Waals surface area contributed by atoms with Crippen molar-refractivity contribution < 1.29 is 4.79 Å². The van der Waals surface area contributed by atoms with Gasteiger partial charge in [0.15, 0.2) is 0 Å². The number of carbonyl (C=O) groups excluding carboxylic acids is 1. The molecule has 3 heterocycles. The van der Waals surface area contributed by atoms with Gasteiger partial charge in [0, 0.05) is 30.3 Å². The number of aromatic nitrogens is 3. The summed E-state index contributed by atoms with van der Waals surface area (Å²) >= 11 is 5.69. The van der Waals surface area contributed by atoms with E-state index in [1.165, 1.54) is 0 Å². The van der Waals surface area contributed by atoms with E-state index in [0.29, 0.717) is 25.4 Å². The quantitative estimate of drug-likeness (QED) is 0.805. The summed E-state index contributed by atoms with van der Waals surface area (Å²) in [6, 6.07) is 4.01. The Morgan fingerprint density at radius 2 is 1.96 bits per heavy atom. The van der Waals surface area contributed by atoms with Gasteiger partial charge in [0.05, 0.1) is 24.3 Å². The zero-order chi connectivity index (χ0) is 16.6. The summed E-state index contributed by atoms with van der Waals surface area (Å²) in [5.41, 5.74) is 2.04. The summed E-state index contributed by atoms with van der Waals surface area (Å²) in [6.45, 7) is 7.65. The second-order valence-electron chi connectivity index (χ2n) is 6.96. The van der Waals surface area contributed by atoms with Gasteiger partial charge >= 0.3 is 0 Å². The molecule has 0 radical (unpaired) electrons. The molecule has 124 valence electrons. The summed E-state index contributed by atoms with van der Waals surface area (Å²) in [5, 5.41) is 4.81. The third-order valence-corrected chi connectivity index (χ3v) is 4.36. The molecule has 0 bridgehead atoms. The Kier molecular flexibility index (Phi) is 4.23. The predicted molar refractivity (Wildman–Crippen MR) is 90.8 cm³/mol. The molecule has 0 N–H and O–H groups in total. The van der Waals surface area contributed by atoms with Gasteiger partial charge in [0.2, 0.25) is 5.91 Å². The van der Waals surface area contributed by atoms with E-state index < -0.39 is 0 Å². The summed E-state index contributed by atoms with van der Waals surface area (Å²) < 4.78 is 4.15. The van der Waals surface area contributed by atoms with Crippen molar-refractivity contribution in [2.75, 3.05) is 5.88 Å². The molecule has 0 aliphatic carbocycles. The van der Waals surface area contributed by atoms with Gasteiger partial charge in [0.25, 0.3) is 0 Å². The van der Waals surface area contributed by atoms with Crippen LogP contribution in [0.3, 0.4) is 0 Å². The molecule has 0 unspecified atom stereocenters. The summed E-state index contributed by atoms with van der Waals surface area (Å²) in [7, 11) is 0. The lowest BCUT2D eigenvalue weighted by atomic mass is 10.1. The number of hydrogen-bond acceptors (Lipinski definition) is 2. The van der Waals surface area contributed by atoms with Gasteiger partial charge in [-0.2, -0.15) is 5.10 Å². The van der Waals surface area contributed by atoms with Gasteiger partial charge in [-0.15, -0.1) is 11.6 Å². The molecule has 2 aromatic rings. The van der Waals surface area contributed by atoms with Crippen LogP contribution in [0.2, 0.25) is 0 Å².